The van der Waals surface area contributed by atoms with Gasteiger partial charge in [0, 0.05) is 18.8 Å². The molecular formula is C19H26N4O4. The molecule has 1 aromatic carbocycles. The molecular weight excluding hydrogens is 348 g/mol. The number of carbonyl (C=O) groups excluding carboxylic acids is 1. The number of ether oxygens (including phenoxy) is 1. The van der Waals surface area contributed by atoms with Crippen molar-refractivity contribution in [1.82, 2.24) is 9.55 Å². The quantitative estimate of drug-likeness (QED) is 0.671. The molecule has 1 aromatic heterocycles. The molecule has 0 saturated carbocycles. The van der Waals surface area contributed by atoms with Crippen LogP contribution in [0.15, 0.2) is 33.9 Å². The molecule has 0 radical (unpaired) electrons. The van der Waals surface area contributed by atoms with E-state index in [9.17, 15) is 14.4 Å². The molecule has 0 spiro atoms. The average Bonchev–Trinajstić information content (AvgIpc) is 2.60. The molecule has 0 atom stereocenters. The Morgan fingerprint density at radius 1 is 1.26 bits per heavy atom. The summed E-state index contributed by atoms with van der Waals surface area (Å²) < 4.78 is 6.09. The first-order valence-corrected chi connectivity index (χ1v) is 8.74. The number of nitrogen functional groups attached to an aromatic ring is 1. The van der Waals surface area contributed by atoms with Crippen LogP contribution in [0, 0.1) is 6.92 Å². The van der Waals surface area contributed by atoms with E-state index in [2.05, 4.69) is 4.98 Å². The highest BCUT2D eigenvalue weighted by Gasteiger charge is 2.23. The van der Waals surface area contributed by atoms with Crippen LogP contribution < -0.4 is 21.9 Å². The van der Waals surface area contributed by atoms with Crippen LogP contribution in [0.5, 0.6) is 0 Å². The SMILES string of the molecule is COCCn1c(N)c(C(=O)CN(c2ccc(C)cc2)C(C)C)c(=O)[nH]c1=O. The van der Waals surface area contributed by atoms with Crippen molar-refractivity contribution in [2.75, 3.05) is 30.9 Å². The molecule has 0 fully saturated rings. The molecule has 2 rings (SSSR count). The summed E-state index contributed by atoms with van der Waals surface area (Å²) in [4.78, 5) is 41.2. The van der Waals surface area contributed by atoms with Crippen LogP contribution in [0.2, 0.25) is 0 Å². The number of anilines is 2. The number of aromatic amines is 1. The molecule has 0 amide bonds. The van der Waals surface area contributed by atoms with E-state index in [0.717, 1.165) is 15.8 Å². The highest BCUT2D eigenvalue weighted by molar-refractivity contribution is 6.02. The lowest BCUT2D eigenvalue weighted by atomic mass is 10.1. The number of methoxy groups -OCH3 is 1. The summed E-state index contributed by atoms with van der Waals surface area (Å²) >= 11 is 0. The number of ketones is 1. The van der Waals surface area contributed by atoms with Crippen LogP contribution in [-0.4, -0.2) is 41.6 Å². The Labute approximate surface area is 157 Å². The largest absolute Gasteiger partial charge is 0.384 e. The molecule has 2 aromatic rings. The molecule has 0 bridgehead atoms. The predicted octanol–water partition coefficient (Wildman–Crippen LogP) is 1.17. The minimum Gasteiger partial charge on any atom is -0.384 e. The van der Waals surface area contributed by atoms with Gasteiger partial charge in [0.05, 0.1) is 19.7 Å². The van der Waals surface area contributed by atoms with Crippen LogP contribution in [0.25, 0.3) is 0 Å². The van der Waals surface area contributed by atoms with Crippen molar-refractivity contribution in [3.8, 4) is 0 Å². The van der Waals surface area contributed by atoms with Crippen molar-refractivity contribution in [3.05, 3.63) is 56.2 Å². The van der Waals surface area contributed by atoms with E-state index in [1.54, 1.807) is 0 Å². The predicted molar refractivity (Wildman–Crippen MR) is 106 cm³/mol. The van der Waals surface area contributed by atoms with Gasteiger partial charge in [0.25, 0.3) is 5.56 Å². The van der Waals surface area contributed by atoms with Gasteiger partial charge >= 0.3 is 5.69 Å². The summed E-state index contributed by atoms with van der Waals surface area (Å²) in [6.45, 7) is 6.24. The number of aryl methyl sites for hydroxylation is 1. The van der Waals surface area contributed by atoms with Crippen molar-refractivity contribution in [3.63, 3.8) is 0 Å². The average molecular weight is 374 g/mol. The van der Waals surface area contributed by atoms with E-state index in [1.165, 1.54) is 7.11 Å². The number of benzene rings is 1. The second-order valence-corrected chi connectivity index (χ2v) is 6.64. The minimum absolute atomic E-state index is 0.0244. The molecule has 0 unspecified atom stereocenters. The standard InChI is InChI=1S/C19H26N4O4/c1-12(2)23(14-7-5-13(3)6-8-14)11-15(24)16-17(20)22(9-10-27-4)19(26)21-18(16)25/h5-8,12H,9-11,20H2,1-4H3,(H,21,25,26). The number of hydrogen-bond acceptors (Lipinski definition) is 6. The van der Waals surface area contributed by atoms with E-state index >= 15 is 0 Å². The van der Waals surface area contributed by atoms with E-state index in [4.69, 9.17) is 10.5 Å². The van der Waals surface area contributed by atoms with Crippen molar-refractivity contribution >= 4 is 17.3 Å². The molecule has 0 aliphatic rings. The van der Waals surface area contributed by atoms with Gasteiger partial charge in [-0.2, -0.15) is 0 Å². The topological polar surface area (TPSA) is 110 Å². The number of nitrogens with one attached hydrogen (secondary N) is 1. The van der Waals surface area contributed by atoms with Crippen LogP contribution >= 0.6 is 0 Å². The van der Waals surface area contributed by atoms with E-state index < -0.39 is 17.0 Å². The molecule has 0 saturated heterocycles. The van der Waals surface area contributed by atoms with Gasteiger partial charge in [-0.15, -0.1) is 0 Å². The smallest absolute Gasteiger partial charge is 0.330 e. The number of rotatable bonds is 8. The van der Waals surface area contributed by atoms with Crippen LogP contribution in [-0.2, 0) is 11.3 Å². The highest BCUT2D eigenvalue weighted by atomic mass is 16.5. The van der Waals surface area contributed by atoms with E-state index in [-0.39, 0.29) is 37.1 Å². The lowest BCUT2D eigenvalue weighted by molar-refractivity contribution is 0.0995. The monoisotopic (exact) mass is 374 g/mol. The molecule has 0 aliphatic heterocycles. The van der Waals surface area contributed by atoms with Crippen molar-refractivity contribution in [2.45, 2.75) is 33.4 Å². The molecule has 27 heavy (non-hydrogen) atoms. The maximum Gasteiger partial charge on any atom is 0.330 e. The number of nitrogens with zero attached hydrogens (tertiary/aromatic N) is 2. The summed E-state index contributed by atoms with van der Waals surface area (Å²) in [5.41, 5.74) is 6.32. The van der Waals surface area contributed by atoms with Gasteiger partial charge < -0.3 is 15.4 Å². The molecule has 0 aliphatic carbocycles. The van der Waals surface area contributed by atoms with Crippen LogP contribution in [0.1, 0.15) is 29.8 Å². The van der Waals surface area contributed by atoms with E-state index in [1.807, 2.05) is 49.9 Å². The first-order chi connectivity index (χ1) is 12.8. The van der Waals surface area contributed by atoms with Gasteiger partial charge in [-0.25, -0.2) is 4.79 Å². The summed E-state index contributed by atoms with van der Waals surface area (Å²) in [7, 11) is 1.49. The fourth-order valence-corrected chi connectivity index (χ4v) is 2.80. The zero-order chi connectivity index (χ0) is 20.1. The van der Waals surface area contributed by atoms with Crippen LogP contribution in [0.3, 0.4) is 0 Å². The van der Waals surface area contributed by atoms with Crippen molar-refractivity contribution < 1.29 is 9.53 Å². The Balaban J connectivity index is 2.39. The number of nitrogens with two attached hydrogens (primary N) is 1. The summed E-state index contributed by atoms with van der Waals surface area (Å²) in [5, 5.41) is 0. The Kier molecular flexibility index (Phi) is 6.57. The Bertz CT molecular complexity index is 913. The van der Waals surface area contributed by atoms with Gasteiger partial charge in [0.1, 0.15) is 11.4 Å². The van der Waals surface area contributed by atoms with Crippen LogP contribution in [0.4, 0.5) is 11.5 Å². The maximum absolute atomic E-state index is 12.9. The fourth-order valence-electron chi connectivity index (χ4n) is 2.80. The van der Waals surface area contributed by atoms with Crippen molar-refractivity contribution in [1.29, 1.82) is 0 Å². The van der Waals surface area contributed by atoms with Gasteiger partial charge in [-0.05, 0) is 32.9 Å². The number of hydrogen-bond donors (Lipinski definition) is 2. The van der Waals surface area contributed by atoms with Gasteiger partial charge in [0.2, 0.25) is 0 Å². The molecule has 3 N–H and O–H groups in total. The number of carbonyl (C=O) groups is 1. The van der Waals surface area contributed by atoms with Gasteiger partial charge in [-0.1, -0.05) is 17.7 Å². The third-order valence-corrected chi connectivity index (χ3v) is 4.34. The molecule has 146 valence electrons. The molecule has 1 heterocycles. The zero-order valence-electron chi connectivity index (χ0n) is 16.1. The van der Waals surface area contributed by atoms with Crippen molar-refractivity contribution in [2.24, 2.45) is 0 Å². The first kappa shape index (κ1) is 20.4. The normalized spacial score (nSPS) is 11.0. The fraction of sp³-hybridized carbons (Fsp3) is 0.421. The maximum atomic E-state index is 12.9. The molecule has 8 nitrogen and oxygen atoms in total. The second kappa shape index (κ2) is 8.68. The summed E-state index contributed by atoms with van der Waals surface area (Å²) in [6, 6.07) is 7.80. The highest BCUT2D eigenvalue weighted by Crippen LogP contribution is 2.19. The number of H-pyrrole nitrogens is 1. The minimum atomic E-state index is -0.774. The second-order valence-electron chi connectivity index (χ2n) is 6.64. The number of aromatic nitrogens is 2. The summed E-state index contributed by atoms with van der Waals surface area (Å²) in [5.74, 6) is -0.590. The lowest BCUT2D eigenvalue weighted by Crippen LogP contribution is -2.41. The van der Waals surface area contributed by atoms with Gasteiger partial charge in [0.15, 0.2) is 5.78 Å². The third kappa shape index (κ3) is 4.65. The first-order valence-electron chi connectivity index (χ1n) is 8.74. The number of Topliss-reactive ketones (excluding diaryl/α,β-unsaturated/α-hetero) is 1. The Morgan fingerprint density at radius 3 is 2.44 bits per heavy atom. The van der Waals surface area contributed by atoms with Gasteiger partial charge in [-0.3, -0.25) is 19.1 Å². The zero-order valence-corrected chi connectivity index (χ0v) is 16.1. The molecule has 8 heteroatoms. The third-order valence-electron chi connectivity index (χ3n) is 4.34. The Morgan fingerprint density at radius 2 is 1.89 bits per heavy atom. The summed E-state index contributed by atoms with van der Waals surface area (Å²) in [6.07, 6.45) is 0. The van der Waals surface area contributed by atoms with E-state index in [0.29, 0.717) is 0 Å². The Hall–Kier alpha value is -2.87. The lowest BCUT2D eigenvalue weighted by Gasteiger charge is -2.28.